The SMILES string of the molecule is Cc1ccc2c(ccn2Cc2nc(C)no2)c1. The predicted molar refractivity (Wildman–Crippen MR) is 64.8 cm³/mol. The highest BCUT2D eigenvalue weighted by Crippen LogP contribution is 2.18. The molecule has 0 aliphatic rings. The normalized spacial score (nSPS) is 11.2. The van der Waals surface area contributed by atoms with Crippen molar-refractivity contribution < 1.29 is 4.52 Å². The Bertz CT molecular complexity index is 666. The van der Waals surface area contributed by atoms with E-state index in [-0.39, 0.29) is 0 Å². The summed E-state index contributed by atoms with van der Waals surface area (Å²) >= 11 is 0. The number of fused-ring (bicyclic) bond motifs is 1. The number of rotatable bonds is 2. The molecule has 0 unspecified atom stereocenters. The van der Waals surface area contributed by atoms with Crippen molar-refractivity contribution in [2.75, 3.05) is 0 Å². The number of hydrogen-bond acceptors (Lipinski definition) is 3. The Labute approximate surface area is 98.9 Å². The first-order valence-corrected chi connectivity index (χ1v) is 5.57. The standard InChI is InChI=1S/C13H13N3O/c1-9-3-4-12-11(7-9)5-6-16(12)8-13-14-10(2)15-17-13/h3-7H,8H2,1-2H3. The fraction of sp³-hybridized carbons (Fsp3) is 0.231. The summed E-state index contributed by atoms with van der Waals surface area (Å²) in [6, 6.07) is 8.50. The van der Waals surface area contributed by atoms with Gasteiger partial charge in [-0.1, -0.05) is 16.8 Å². The largest absolute Gasteiger partial charge is 0.338 e. The Balaban J connectivity index is 2.00. The maximum Gasteiger partial charge on any atom is 0.246 e. The highest BCUT2D eigenvalue weighted by atomic mass is 16.5. The molecule has 3 rings (SSSR count). The van der Waals surface area contributed by atoms with E-state index < -0.39 is 0 Å². The van der Waals surface area contributed by atoms with Crippen LogP contribution in [0.15, 0.2) is 35.0 Å². The molecule has 0 bridgehead atoms. The molecule has 0 amide bonds. The lowest BCUT2D eigenvalue weighted by atomic mass is 10.2. The second-order valence-corrected chi connectivity index (χ2v) is 4.24. The van der Waals surface area contributed by atoms with E-state index >= 15 is 0 Å². The van der Waals surface area contributed by atoms with E-state index in [4.69, 9.17) is 4.52 Å². The van der Waals surface area contributed by atoms with Gasteiger partial charge >= 0.3 is 0 Å². The van der Waals surface area contributed by atoms with Crippen LogP contribution in [0.1, 0.15) is 17.3 Å². The van der Waals surface area contributed by atoms with Crippen molar-refractivity contribution in [2.24, 2.45) is 0 Å². The van der Waals surface area contributed by atoms with Gasteiger partial charge in [0, 0.05) is 11.7 Å². The van der Waals surface area contributed by atoms with Gasteiger partial charge in [0.2, 0.25) is 5.89 Å². The van der Waals surface area contributed by atoms with Crippen LogP contribution < -0.4 is 0 Å². The van der Waals surface area contributed by atoms with Crippen LogP contribution in [0.4, 0.5) is 0 Å². The second-order valence-electron chi connectivity index (χ2n) is 4.24. The molecular formula is C13H13N3O. The molecule has 0 radical (unpaired) electrons. The van der Waals surface area contributed by atoms with Gasteiger partial charge in [-0.25, -0.2) is 0 Å². The number of aryl methyl sites for hydroxylation is 2. The van der Waals surface area contributed by atoms with Gasteiger partial charge in [-0.2, -0.15) is 4.98 Å². The van der Waals surface area contributed by atoms with Crippen molar-refractivity contribution in [3.8, 4) is 0 Å². The maximum absolute atomic E-state index is 5.13. The Morgan fingerprint density at radius 2 is 2.12 bits per heavy atom. The van der Waals surface area contributed by atoms with Crippen LogP contribution in [-0.4, -0.2) is 14.7 Å². The summed E-state index contributed by atoms with van der Waals surface area (Å²) in [5.41, 5.74) is 2.45. The summed E-state index contributed by atoms with van der Waals surface area (Å²) in [5.74, 6) is 1.31. The molecule has 1 aromatic carbocycles. The molecule has 0 atom stereocenters. The third-order valence-electron chi connectivity index (χ3n) is 2.80. The van der Waals surface area contributed by atoms with Crippen LogP contribution in [-0.2, 0) is 6.54 Å². The molecule has 0 saturated heterocycles. The Morgan fingerprint density at radius 1 is 1.24 bits per heavy atom. The van der Waals surface area contributed by atoms with Crippen LogP contribution in [0.2, 0.25) is 0 Å². The average Bonchev–Trinajstić information content (AvgIpc) is 2.86. The number of hydrogen-bond donors (Lipinski definition) is 0. The van der Waals surface area contributed by atoms with Gasteiger partial charge in [-0.3, -0.25) is 0 Å². The zero-order valence-electron chi connectivity index (χ0n) is 9.84. The minimum atomic E-state index is 0.618. The quantitative estimate of drug-likeness (QED) is 0.676. The zero-order valence-corrected chi connectivity index (χ0v) is 9.84. The summed E-state index contributed by atoms with van der Waals surface area (Å²) in [6.45, 7) is 4.54. The summed E-state index contributed by atoms with van der Waals surface area (Å²) in [7, 11) is 0. The third kappa shape index (κ3) is 1.82. The smallest absolute Gasteiger partial charge is 0.246 e. The van der Waals surface area contributed by atoms with Crippen molar-refractivity contribution in [3.63, 3.8) is 0 Å². The van der Waals surface area contributed by atoms with Gasteiger partial charge in [-0.15, -0.1) is 0 Å². The van der Waals surface area contributed by atoms with Gasteiger partial charge in [0.25, 0.3) is 0 Å². The zero-order chi connectivity index (χ0) is 11.8. The molecule has 0 N–H and O–H groups in total. The van der Waals surface area contributed by atoms with Gasteiger partial charge < -0.3 is 9.09 Å². The molecule has 2 heterocycles. The van der Waals surface area contributed by atoms with Crippen LogP contribution in [0.3, 0.4) is 0 Å². The maximum atomic E-state index is 5.13. The highest BCUT2D eigenvalue weighted by Gasteiger charge is 2.06. The molecule has 0 fully saturated rings. The van der Waals surface area contributed by atoms with Crippen molar-refractivity contribution >= 4 is 10.9 Å². The first-order valence-electron chi connectivity index (χ1n) is 5.57. The highest BCUT2D eigenvalue weighted by molar-refractivity contribution is 5.80. The van der Waals surface area contributed by atoms with E-state index in [1.165, 1.54) is 16.5 Å². The van der Waals surface area contributed by atoms with E-state index in [1.54, 1.807) is 0 Å². The lowest BCUT2D eigenvalue weighted by molar-refractivity contribution is 0.369. The molecule has 4 heteroatoms. The van der Waals surface area contributed by atoms with E-state index in [2.05, 4.69) is 45.9 Å². The van der Waals surface area contributed by atoms with Crippen LogP contribution in [0.25, 0.3) is 10.9 Å². The summed E-state index contributed by atoms with van der Waals surface area (Å²) < 4.78 is 7.24. The Hall–Kier alpha value is -2.10. The Morgan fingerprint density at radius 3 is 2.88 bits per heavy atom. The van der Waals surface area contributed by atoms with Gasteiger partial charge in [0.1, 0.15) is 6.54 Å². The Kier molecular flexibility index (Phi) is 2.21. The number of nitrogens with zero attached hydrogens (tertiary/aromatic N) is 3. The van der Waals surface area contributed by atoms with Crippen molar-refractivity contribution in [3.05, 3.63) is 47.7 Å². The monoisotopic (exact) mass is 227 g/mol. The van der Waals surface area contributed by atoms with Crippen molar-refractivity contribution in [1.82, 2.24) is 14.7 Å². The van der Waals surface area contributed by atoms with Gasteiger partial charge in [0.15, 0.2) is 5.82 Å². The fourth-order valence-electron chi connectivity index (χ4n) is 2.01. The first-order chi connectivity index (χ1) is 8.22. The van der Waals surface area contributed by atoms with Crippen LogP contribution in [0, 0.1) is 13.8 Å². The molecular weight excluding hydrogens is 214 g/mol. The topological polar surface area (TPSA) is 43.9 Å². The third-order valence-corrected chi connectivity index (χ3v) is 2.80. The van der Waals surface area contributed by atoms with E-state index in [1.807, 2.05) is 13.1 Å². The average molecular weight is 227 g/mol. The van der Waals surface area contributed by atoms with Gasteiger partial charge in [0.05, 0.1) is 0 Å². The number of aromatic nitrogens is 3. The molecule has 17 heavy (non-hydrogen) atoms. The minimum absolute atomic E-state index is 0.618. The molecule has 4 nitrogen and oxygen atoms in total. The molecule has 3 aromatic rings. The first kappa shape index (κ1) is 10.1. The summed E-state index contributed by atoms with van der Waals surface area (Å²) in [5, 5.41) is 5.03. The fourth-order valence-corrected chi connectivity index (χ4v) is 2.01. The molecule has 0 spiro atoms. The molecule has 0 saturated carbocycles. The lowest BCUT2D eigenvalue weighted by Crippen LogP contribution is -1.98. The lowest BCUT2D eigenvalue weighted by Gasteiger charge is -2.01. The van der Waals surface area contributed by atoms with Crippen LogP contribution in [0.5, 0.6) is 0 Å². The minimum Gasteiger partial charge on any atom is -0.338 e. The summed E-state index contributed by atoms with van der Waals surface area (Å²) in [6.07, 6.45) is 2.05. The molecule has 86 valence electrons. The van der Waals surface area contributed by atoms with E-state index in [9.17, 15) is 0 Å². The van der Waals surface area contributed by atoms with Crippen molar-refractivity contribution in [1.29, 1.82) is 0 Å². The molecule has 0 aliphatic carbocycles. The second kappa shape index (κ2) is 3.73. The van der Waals surface area contributed by atoms with Crippen LogP contribution >= 0.6 is 0 Å². The molecule has 2 aromatic heterocycles. The van der Waals surface area contributed by atoms with E-state index in [0.29, 0.717) is 18.3 Å². The predicted octanol–water partition coefficient (Wildman–Crippen LogP) is 2.69. The van der Waals surface area contributed by atoms with E-state index in [0.717, 1.165) is 0 Å². The summed E-state index contributed by atoms with van der Waals surface area (Å²) in [4.78, 5) is 4.21. The number of benzene rings is 1. The van der Waals surface area contributed by atoms with Crippen molar-refractivity contribution in [2.45, 2.75) is 20.4 Å². The molecule has 0 aliphatic heterocycles. The van der Waals surface area contributed by atoms with Gasteiger partial charge in [-0.05, 0) is 37.4 Å².